The van der Waals surface area contributed by atoms with Crippen molar-refractivity contribution < 1.29 is 0 Å². The summed E-state index contributed by atoms with van der Waals surface area (Å²) >= 11 is 0. The Morgan fingerprint density at radius 3 is 2.29 bits per heavy atom. The van der Waals surface area contributed by atoms with Crippen molar-refractivity contribution in [1.82, 2.24) is 0 Å². The van der Waals surface area contributed by atoms with Gasteiger partial charge in [-0.3, -0.25) is 5.43 Å². The second kappa shape index (κ2) is 7.64. The van der Waals surface area contributed by atoms with Crippen LogP contribution in [0.5, 0.6) is 0 Å². The topological polar surface area (TPSA) is 27.6 Å². The van der Waals surface area contributed by atoms with E-state index in [0.717, 1.165) is 24.3 Å². The van der Waals surface area contributed by atoms with E-state index < -0.39 is 0 Å². The number of nitrogens with zero attached hydrogens (tertiary/aromatic N) is 2. The van der Waals surface area contributed by atoms with Gasteiger partial charge >= 0.3 is 0 Å². The Morgan fingerprint density at radius 1 is 0.875 bits per heavy atom. The minimum Gasteiger partial charge on any atom is -0.372 e. The van der Waals surface area contributed by atoms with Gasteiger partial charge in [0.2, 0.25) is 0 Å². The molecule has 3 aromatic rings. The van der Waals surface area contributed by atoms with Crippen LogP contribution in [0, 0.1) is 0 Å². The van der Waals surface area contributed by atoms with E-state index in [4.69, 9.17) is 0 Å². The molecule has 0 saturated heterocycles. The number of hydrogen-bond acceptors (Lipinski definition) is 3. The normalized spacial score (nSPS) is 11.1. The second-order valence-electron chi connectivity index (χ2n) is 5.70. The van der Waals surface area contributed by atoms with Crippen molar-refractivity contribution in [2.75, 3.05) is 23.4 Å². The van der Waals surface area contributed by atoms with Crippen molar-refractivity contribution >= 4 is 28.4 Å². The third-order valence-corrected chi connectivity index (χ3v) is 4.18. The zero-order valence-corrected chi connectivity index (χ0v) is 14.2. The van der Waals surface area contributed by atoms with E-state index in [2.05, 4.69) is 83.9 Å². The lowest BCUT2D eigenvalue weighted by Gasteiger charge is -2.20. The van der Waals surface area contributed by atoms with Crippen LogP contribution in [0.2, 0.25) is 0 Å². The zero-order valence-electron chi connectivity index (χ0n) is 14.2. The molecule has 0 heterocycles. The van der Waals surface area contributed by atoms with E-state index in [1.54, 1.807) is 0 Å². The monoisotopic (exact) mass is 317 g/mol. The van der Waals surface area contributed by atoms with Crippen molar-refractivity contribution in [2.45, 2.75) is 13.8 Å². The summed E-state index contributed by atoms with van der Waals surface area (Å²) in [5.41, 5.74) is 6.43. The number of hydrazone groups is 1. The average molecular weight is 317 g/mol. The van der Waals surface area contributed by atoms with Crippen LogP contribution in [0.3, 0.4) is 0 Å². The maximum absolute atomic E-state index is 4.34. The van der Waals surface area contributed by atoms with E-state index >= 15 is 0 Å². The summed E-state index contributed by atoms with van der Waals surface area (Å²) in [4.78, 5) is 2.33. The summed E-state index contributed by atoms with van der Waals surface area (Å²) < 4.78 is 0. The van der Waals surface area contributed by atoms with Gasteiger partial charge in [-0.05, 0) is 54.4 Å². The molecule has 0 amide bonds. The van der Waals surface area contributed by atoms with Crippen LogP contribution in [0.15, 0.2) is 71.8 Å². The summed E-state index contributed by atoms with van der Waals surface area (Å²) in [6.45, 7) is 6.39. The minimum absolute atomic E-state index is 0.990. The van der Waals surface area contributed by atoms with Crippen molar-refractivity contribution in [3.05, 3.63) is 72.3 Å². The predicted molar refractivity (Wildman–Crippen MR) is 105 cm³/mol. The molecule has 0 bridgehead atoms. The Kier molecular flexibility index (Phi) is 5.12. The quantitative estimate of drug-likeness (QED) is 0.504. The highest BCUT2D eigenvalue weighted by Crippen LogP contribution is 2.19. The lowest BCUT2D eigenvalue weighted by Crippen LogP contribution is -2.21. The first kappa shape index (κ1) is 16.1. The molecule has 0 aromatic heterocycles. The first-order valence-electron chi connectivity index (χ1n) is 8.43. The third kappa shape index (κ3) is 3.74. The molecule has 3 aromatic carbocycles. The molecule has 0 aliphatic rings. The van der Waals surface area contributed by atoms with Gasteiger partial charge in [0, 0.05) is 18.8 Å². The standard InChI is InChI=1S/C21H23N3/c1-3-24(4-2)21-13-9-17(10-14-21)16-22-23-20-12-11-18-7-5-6-8-19(18)15-20/h5-16,23H,3-4H2,1-2H3. The minimum atomic E-state index is 0.990. The first-order valence-corrected chi connectivity index (χ1v) is 8.43. The number of anilines is 2. The lowest BCUT2D eigenvalue weighted by molar-refractivity contribution is 0.866. The van der Waals surface area contributed by atoms with Gasteiger partial charge in [0.05, 0.1) is 11.9 Å². The van der Waals surface area contributed by atoms with Crippen molar-refractivity contribution in [3.63, 3.8) is 0 Å². The van der Waals surface area contributed by atoms with Gasteiger partial charge in [-0.15, -0.1) is 0 Å². The highest BCUT2D eigenvalue weighted by atomic mass is 15.3. The molecule has 0 radical (unpaired) electrons. The van der Waals surface area contributed by atoms with Gasteiger partial charge in [0.1, 0.15) is 0 Å². The number of rotatable bonds is 6. The molecule has 0 fully saturated rings. The predicted octanol–water partition coefficient (Wildman–Crippen LogP) is 5.13. The van der Waals surface area contributed by atoms with Gasteiger partial charge in [0.15, 0.2) is 0 Å². The average Bonchev–Trinajstić information content (AvgIpc) is 2.64. The largest absolute Gasteiger partial charge is 0.372 e. The fraction of sp³-hybridized carbons (Fsp3) is 0.190. The molecule has 24 heavy (non-hydrogen) atoms. The van der Waals surface area contributed by atoms with Crippen LogP contribution in [0.1, 0.15) is 19.4 Å². The Labute approximate surface area is 143 Å². The molecule has 3 nitrogen and oxygen atoms in total. The molecule has 0 unspecified atom stereocenters. The smallest absolute Gasteiger partial charge is 0.0568 e. The molecule has 3 heteroatoms. The van der Waals surface area contributed by atoms with E-state index in [1.165, 1.54) is 16.5 Å². The van der Waals surface area contributed by atoms with Crippen molar-refractivity contribution in [2.24, 2.45) is 5.10 Å². The van der Waals surface area contributed by atoms with E-state index in [9.17, 15) is 0 Å². The van der Waals surface area contributed by atoms with Crippen LogP contribution < -0.4 is 10.3 Å². The molecule has 0 spiro atoms. The van der Waals surface area contributed by atoms with E-state index in [1.807, 2.05) is 18.3 Å². The number of fused-ring (bicyclic) bond motifs is 1. The van der Waals surface area contributed by atoms with Crippen molar-refractivity contribution in [3.8, 4) is 0 Å². The molecule has 1 N–H and O–H groups in total. The molecular formula is C21H23N3. The van der Waals surface area contributed by atoms with Gasteiger partial charge in [-0.25, -0.2) is 0 Å². The molecule has 122 valence electrons. The van der Waals surface area contributed by atoms with Gasteiger partial charge < -0.3 is 4.90 Å². The SMILES string of the molecule is CCN(CC)c1ccc(C=NNc2ccc3ccccc3c2)cc1. The molecule has 0 atom stereocenters. The summed E-state index contributed by atoms with van der Waals surface area (Å²) in [7, 11) is 0. The van der Waals surface area contributed by atoms with E-state index in [0.29, 0.717) is 0 Å². The van der Waals surface area contributed by atoms with Crippen LogP contribution >= 0.6 is 0 Å². The Morgan fingerprint density at radius 2 is 1.58 bits per heavy atom. The van der Waals surface area contributed by atoms with E-state index in [-0.39, 0.29) is 0 Å². The van der Waals surface area contributed by atoms with Crippen LogP contribution in [-0.4, -0.2) is 19.3 Å². The van der Waals surface area contributed by atoms with Crippen LogP contribution in [0.25, 0.3) is 10.8 Å². The Balaban J connectivity index is 1.66. The van der Waals surface area contributed by atoms with Gasteiger partial charge in [-0.1, -0.05) is 42.5 Å². The third-order valence-electron chi connectivity index (χ3n) is 4.18. The molecule has 0 aliphatic carbocycles. The number of hydrogen-bond donors (Lipinski definition) is 1. The maximum atomic E-state index is 4.34. The summed E-state index contributed by atoms with van der Waals surface area (Å²) in [6, 6.07) is 23.1. The fourth-order valence-corrected chi connectivity index (χ4v) is 2.80. The second-order valence-corrected chi connectivity index (χ2v) is 5.70. The summed E-state index contributed by atoms with van der Waals surface area (Å²) in [5, 5.41) is 6.79. The van der Waals surface area contributed by atoms with Gasteiger partial charge in [-0.2, -0.15) is 5.10 Å². The maximum Gasteiger partial charge on any atom is 0.0568 e. The molecule has 0 saturated carbocycles. The highest BCUT2D eigenvalue weighted by molar-refractivity contribution is 5.86. The van der Waals surface area contributed by atoms with Crippen LogP contribution in [-0.2, 0) is 0 Å². The molecule has 3 rings (SSSR count). The summed E-state index contributed by atoms with van der Waals surface area (Å²) in [6.07, 6.45) is 1.85. The number of nitrogens with one attached hydrogen (secondary N) is 1. The Bertz CT molecular complexity index is 818. The van der Waals surface area contributed by atoms with Crippen molar-refractivity contribution in [1.29, 1.82) is 0 Å². The van der Waals surface area contributed by atoms with Crippen LogP contribution in [0.4, 0.5) is 11.4 Å². The first-order chi connectivity index (χ1) is 11.8. The van der Waals surface area contributed by atoms with Gasteiger partial charge in [0.25, 0.3) is 0 Å². The zero-order chi connectivity index (χ0) is 16.8. The number of benzene rings is 3. The Hall–Kier alpha value is -2.81. The lowest BCUT2D eigenvalue weighted by atomic mass is 10.1. The highest BCUT2D eigenvalue weighted by Gasteiger charge is 2.00. The molecular weight excluding hydrogens is 294 g/mol. The fourth-order valence-electron chi connectivity index (χ4n) is 2.80. The molecule has 0 aliphatic heterocycles. The summed E-state index contributed by atoms with van der Waals surface area (Å²) in [5.74, 6) is 0.